The van der Waals surface area contributed by atoms with Gasteiger partial charge in [-0.2, -0.15) is 0 Å². The van der Waals surface area contributed by atoms with Crippen LogP contribution in [0.3, 0.4) is 0 Å². The van der Waals surface area contributed by atoms with Gasteiger partial charge in [0.2, 0.25) is 5.91 Å². The van der Waals surface area contributed by atoms with Crippen molar-refractivity contribution in [1.82, 2.24) is 4.90 Å². The number of nitrogens with one attached hydrogen (secondary N) is 1. The lowest BCUT2D eigenvalue weighted by atomic mass is 10.0. The number of hydrogen-bond donors (Lipinski definition) is 1. The number of esters is 1. The van der Waals surface area contributed by atoms with Crippen LogP contribution in [0.4, 0.5) is 5.00 Å². The Morgan fingerprint density at radius 1 is 1.03 bits per heavy atom. The highest BCUT2D eigenvalue weighted by molar-refractivity contribution is 7.91. The summed E-state index contributed by atoms with van der Waals surface area (Å²) < 4.78 is 29.1. The zero-order valence-electron chi connectivity index (χ0n) is 18.8. The molecule has 2 heterocycles. The molecule has 1 unspecified atom stereocenters. The SMILES string of the molecule is CCOC(=O)c1cc(-c2ccccc2)sc1NC(=O)C(c1ccccc1)N1CCS(=O)(=O)CC1. The van der Waals surface area contributed by atoms with E-state index in [-0.39, 0.29) is 37.1 Å². The molecule has 3 aromatic rings. The van der Waals surface area contributed by atoms with E-state index in [4.69, 9.17) is 4.74 Å². The van der Waals surface area contributed by atoms with Crippen molar-refractivity contribution in [2.75, 3.05) is 36.5 Å². The molecule has 0 bridgehead atoms. The lowest BCUT2D eigenvalue weighted by molar-refractivity contribution is -0.121. The number of anilines is 1. The molecule has 0 aliphatic carbocycles. The molecule has 9 heteroatoms. The average Bonchev–Trinajstić information content (AvgIpc) is 3.25. The average molecular weight is 499 g/mol. The predicted molar refractivity (Wildman–Crippen MR) is 134 cm³/mol. The van der Waals surface area contributed by atoms with Gasteiger partial charge in [-0.1, -0.05) is 60.7 Å². The Hall–Kier alpha value is -3.01. The van der Waals surface area contributed by atoms with E-state index in [1.807, 2.05) is 65.6 Å². The van der Waals surface area contributed by atoms with Gasteiger partial charge in [0.05, 0.1) is 23.7 Å². The summed E-state index contributed by atoms with van der Waals surface area (Å²) in [4.78, 5) is 29.0. The number of benzene rings is 2. The van der Waals surface area contributed by atoms with Gasteiger partial charge in [-0.15, -0.1) is 11.3 Å². The summed E-state index contributed by atoms with van der Waals surface area (Å²) in [5, 5.41) is 3.35. The quantitative estimate of drug-likeness (QED) is 0.495. The van der Waals surface area contributed by atoms with E-state index in [2.05, 4.69) is 5.32 Å². The van der Waals surface area contributed by atoms with Crippen LogP contribution in [0.25, 0.3) is 10.4 Å². The maximum Gasteiger partial charge on any atom is 0.341 e. The number of nitrogens with zero attached hydrogens (tertiary/aromatic N) is 1. The number of ether oxygens (including phenoxy) is 1. The van der Waals surface area contributed by atoms with Crippen LogP contribution in [-0.2, 0) is 19.4 Å². The van der Waals surface area contributed by atoms with Crippen LogP contribution in [0, 0.1) is 0 Å². The number of hydrogen-bond acceptors (Lipinski definition) is 7. The van der Waals surface area contributed by atoms with Crippen molar-refractivity contribution in [2.45, 2.75) is 13.0 Å². The van der Waals surface area contributed by atoms with Gasteiger partial charge in [-0.25, -0.2) is 13.2 Å². The molecule has 7 nitrogen and oxygen atoms in total. The van der Waals surface area contributed by atoms with E-state index < -0.39 is 21.8 Å². The topological polar surface area (TPSA) is 92.8 Å². The van der Waals surface area contributed by atoms with Crippen molar-refractivity contribution in [1.29, 1.82) is 0 Å². The van der Waals surface area contributed by atoms with Gasteiger partial charge >= 0.3 is 5.97 Å². The molecule has 1 aromatic heterocycles. The van der Waals surface area contributed by atoms with Crippen molar-refractivity contribution in [3.63, 3.8) is 0 Å². The second kappa shape index (κ2) is 10.5. The van der Waals surface area contributed by atoms with Gasteiger partial charge in [-0.05, 0) is 24.1 Å². The first-order chi connectivity index (χ1) is 16.4. The molecule has 1 aliphatic rings. The van der Waals surface area contributed by atoms with Crippen LogP contribution in [0.5, 0.6) is 0 Å². The number of sulfone groups is 1. The molecule has 4 rings (SSSR count). The molecule has 0 spiro atoms. The number of carbonyl (C=O) groups is 2. The molecule has 0 radical (unpaired) electrons. The van der Waals surface area contributed by atoms with Crippen LogP contribution in [0.2, 0.25) is 0 Å². The fourth-order valence-corrected chi connectivity index (χ4v) is 6.20. The van der Waals surface area contributed by atoms with Crippen LogP contribution in [0.1, 0.15) is 28.9 Å². The molecule has 0 saturated carbocycles. The van der Waals surface area contributed by atoms with Gasteiger partial charge in [-0.3, -0.25) is 9.69 Å². The number of rotatable bonds is 7. The van der Waals surface area contributed by atoms with Gasteiger partial charge in [0.25, 0.3) is 0 Å². The summed E-state index contributed by atoms with van der Waals surface area (Å²) in [5.74, 6) is -0.807. The molecule has 1 atom stereocenters. The normalized spacial score (nSPS) is 16.5. The predicted octanol–water partition coefficient (Wildman–Crippen LogP) is 4.00. The third kappa shape index (κ3) is 5.55. The Kier molecular flexibility index (Phi) is 7.45. The lowest BCUT2D eigenvalue weighted by Gasteiger charge is -2.33. The molecule has 1 amide bonds. The summed E-state index contributed by atoms with van der Waals surface area (Å²) in [6.45, 7) is 2.48. The minimum atomic E-state index is -3.10. The second-order valence-corrected chi connectivity index (χ2v) is 11.3. The molecule has 1 aliphatic heterocycles. The largest absolute Gasteiger partial charge is 0.462 e. The Balaban J connectivity index is 1.67. The number of thiophene rings is 1. The smallest absolute Gasteiger partial charge is 0.341 e. The van der Waals surface area contributed by atoms with Crippen molar-refractivity contribution < 1.29 is 22.7 Å². The summed E-state index contributed by atoms with van der Waals surface area (Å²) in [6.07, 6.45) is 0. The molecule has 34 heavy (non-hydrogen) atoms. The van der Waals surface area contributed by atoms with Crippen LogP contribution in [0.15, 0.2) is 66.7 Å². The number of amides is 1. The molecule has 178 valence electrons. The first-order valence-corrected chi connectivity index (χ1v) is 13.7. The first-order valence-electron chi connectivity index (χ1n) is 11.0. The van der Waals surface area contributed by atoms with E-state index in [9.17, 15) is 18.0 Å². The van der Waals surface area contributed by atoms with Crippen molar-refractivity contribution in [3.8, 4) is 10.4 Å². The Morgan fingerprint density at radius 3 is 2.26 bits per heavy atom. The summed E-state index contributed by atoms with van der Waals surface area (Å²) in [6, 6.07) is 19.9. The van der Waals surface area contributed by atoms with Crippen molar-refractivity contribution in [2.24, 2.45) is 0 Å². The Bertz CT molecular complexity index is 1240. The molecular weight excluding hydrogens is 472 g/mol. The number of carbonyl (C=O) groups excluding carboxylic acids is 2. The van der Waals surface area contributed by atoms with Gasteiger partial charge in [0, 0.05) is 18.0 Å². The van der Waals surface area contributed by atoms with E-state index in [1.165, 1.54) is 11.3 Å². The maximum atomic E-state index is 13.6. The highest BCUT2D eigenvalue weighted by Gasteiger charge is 2.33. The molecule has 1 saturated heterocycles. The molecule has 1 fully saturated rings. The van der Waals surface area contributed by atoms with Crippen molar-refractivity contribution >= 4 is 38.1 Å². The monoisotopic (exact) mass is 498 g/mol. The molecule has 2 aromatic carbocycles. The standard InChI is InChI=1S/C25H26N2O5S2/c1-2-32-25(29)20-17-21(18-9-5-3-6-10-18)33-24(20)26-23(28)22(19-11-7-4-8-12-19)27-13-15-34(30,31)16-14-27/h3-12,17,22H,2,13-16H2,1H3,(H,26,28). The van der Waals surface area contributed by atoms with Crippen LogP contribution < -0.4 is 5.32 Å². The lowest BCUT2D eigenvalue weighted by Crippen LogP contribution is -2.46. The highest BCUT2D eigenvalue weighted by Crippen LogP contribution is 2.37. The fourth-order valence-electron chi connectivity index (χ4n) is 3.92. The fraction of sp³-hybridized carbons (Fsp3) is 0.280. The zero-order chi connectivity index (χ0) is 24.1. The summed E-state index contributed by atoms with van der Waals surface area (Å²) in [5.41, 5.74) is 1.99. The first kappa shape index (κ1) is 24.1. The van der Waals surface area contributed by atoms with Gasteiger partial charge in [0.15, 0.2) is 9.84 Å². The highest BCUT2D eigenvalue weighted by atomic mass is 32.2. The van der Waals surface area contributed by atoms with Gasteiger partial charge in [0.1, 0.15) is 11.0 Å². The van der Waals surface area contributed by atoms with E-state index in [0.717, 1.165) is 16.0 Å². The van der Waals surface area contributed by atoms with Crippen LogP contribution >= 0.6 is 11.3 Å². The minimum absolute atomic E-state index is 0.00878. The van der Waals surface area contributed by atoms with Crippen molar-refractivity contribution in [3.05, 3.63) is 77.9 Å². The molecule has 1 N–H and O–H groups in total. The third-order valence-corrected chi connectivity index (χ3v) is 8.34. The summed E-state index contributed by atoms with van der Waals surface area (Å²) in [7, 11) is -3.10. The maximum absolute atomic E-state index is 13.6. The minimum Gasteiger partial charge on any atom is -0.462 e. The van der Waals surface area contributed by atoms with E-state index in [0.29, 0.717) is 10.6 Å². The Morgan fingerprint density at radius 2 is 1.65 bits per heavy atom. The van der Waals surface area contributed by atoms with Crippen LogP contribution in [-0.4, -0.2) is 56.4 Å². The van der Waals surface area contributed by atoms with Gasteiger partial charge < -0.3 is 10.1 Å². The molecular formula is C25H26N2O5S2. The third-order valence-electron chi connectivity index (χ3n) is 5.63. The van der Waals surface area contributed by atoms with E-state index >= 15 is 0 Å². The summed E-state index contributed by atoms with van der Waals surface area (Å²) >= 11 is 1.31. The Labute approximate surface area is 203 Å². The zero-order valence-corrected chi connectivity index (χ0v) is 20.4. The second-order valence-electron chi connectivity index (χ2n) is 7.93. The van der Waals surface area contributed by atoms with E-state index in [1.54, 1.807) is 13.0 Å².